The first-order valence-corrected chi connectivity index (χ1v) is 7.23. The van der Waals surface area contributed by atoms with Gasteiger partial charge < -0.3 is 5.32 Å². The van der Waals surface area contributed by atoms with E-state index >= 15 is 0 Å². The Bertz CT molecular complexity index is 681. The normalized spacial score (nSPS) is 18.6. The molecule has 7 heteroatoms. The second kappa shape index (κ2) is 6.06. The molecule has 2 N–H and O–H groups in total. The molecule has 1 aromatic rings. The molecule has 1 aliphatic rings. The number of amides is 3. The Labute approximate surface area is 132 Å². The first kappa shape index (κ1) is 17.1. The van der Waals surface area contributed by atoms with Gasteiger partial charge in [0.2, 0.25) is 11.8 Å². The Balaban J connectivity index is 2.22. The highest BCUT2D eigenvalue weighted by molar-refractivity contribution is 6.03. The van der Waals surface area contributed by atoms with Crippen LogP contribution in [0.1, 0.15) is 49.5 Å². The molecule has 124 valence electrons. The molecule has 0 radical (unpaired) electrons. The molecular weight excluding hydrogens is 306 g/mol. The van der Waals surface area contributed by atoms with Crippen LogP contribution in [0, 0.1) is 11.6 Å². The number of piperidine rings is 1. The van der Waals surface area contributed by atoms with Gasteiger partial charge in [-0.3, -0.25) is 19.7 Å². The van der Waals surface area contributed by atoms with E-state index in [-0.39, 0.29) is 18.4 Å². The predicted molar refractivity (Wildman–Crippen MR) is 78.7 cm³/mol. The summed E-state index contributed by atoms with van der Waals surface area (Å²) in [5.41, 5.74) is -0.920. The van der Waals surface area contributed by atoms with E-state index in [1.807, 2.05) is 0 Å². The van der Waals surface area contributed by atoms with Crippen molar-refractivity contribution < 1.29 is 23.2 Å². The lowest BCUT2D eigenvalue weighted by molar-refractivity contribution is -0.134. The van der Waals surface area contributed by atoms with Gasteiger partial charge in [0.05, 0.1) is 5.56 Å². The third kappa shape index (κ3) is 3.72. The van der Waals surface area contributed by atoms with E-state index in [9.17, 15) is 23.2 Å². The number of halogens is 2. The van der Waals surface area contributed by atoms with Crippen molar-refractivity contribution >= 4 is 17.7 Å². The van der Waals surface area contributed by atoms with E-state index in [1.54, 1.807) is 20.8 Å². The van der Waals surface area contributed by atoms with Gasteiger partial charge in [-0.2, -0.15) is 0 Å². The molecular formula is C16H18F2N2O3. The molecule has 1 atom stereocenters. The number of imide groups is 1. The molecule has 1 unspecified atom stereocenters. The lowest BCUT2D eigenvalue weighted by atomic mass is 9.86. The van der Waals surface area contributed by atoms with Crippen LogP contribution in [0.25, 0.3) is 0 Å². The van der Waals surface area contributed by atoms with E-state index in [1.165, 1.54) is 0 Å². The third-order valence-electron chi connectivity index (χ3n) is 3.65. The minimum atomic E-state index is -0.940. The lowest BCUT2D eigenvalue weighted by Crippen LogP contribution is -2.52. The third-order valence-corrected chi connectivity index (χ3v) is 3.65. The van der Waals surface area contributed by atoms with Gasteiger partial charge in [0.25, 0.3) is 5.91 Å². The Morgan fingerprint density at radius 2 is 1.87 bits per heavy atom. The van der Waals surface area contributed by atoms with Crippen LogP contribution in [0.15, 0.2) is 12.1 Å². The van der Waals surface area contributed by atoms with E-state index in [4.69, 9.17) is 0 Å². The van der Waals surface area contributed by atoms with Crippen LogP contribution in [-0.4, -0.2) is 23.8 Å². The maximum absolute atomic E-state index is 14.1. The molecule has 0 spiro atoms. The quantitative estimate of drug-likeness (QED) is 0.815. The summed E-state index contributed by atoms with van der Waals surface area (Å²) in [6.07, 6.45) is 0.205. The van der Waals surface area contributed by atoms with Gasteiger partial charge >= 0.3 is 0 Å². The van der Waals surface area contributed by atoms with Crippen molar-refractivity contribution in [3.63, 3.8) is 0 Å². The summed E-state index contributed by atoms with van der Waals surface area (Å²) in [6.45, 7) is 5.19. The van der Waals surface area contributed by atoms with E-state index < -0.39 is 46.4 Å². The molecule has 0 aromatic heterocycles. The van der Waals surface area contributed by atoms with Crippen LogP contribution >= 0.6 is 0 Å². The van der Waals surface area contributed by atoms with Crippen molar-refractivity contribution in [2.75, 3.05) is 0 Å². The molecule has 23 heavy (non-hydrogen) atoms. The largest absolute Gasteiger partial charge is 0.340 e. The van der Waals surface area contributed by atoms with Crippen molar-refractivity contribution in [1.82, 2.24) is 10.6 Å². The maximum Gasteiger partial charge on any atom is 0.255 e. The summed E-state index contributed by atoms with van der Waals surface area (Å²) in [6, 6.07) is 0.885. The minimum Gasteiger partial charge on any atom is -0.340 e. The summed E-state index contributed by atoms with van der Waals surface area (Å²) in [5, 5.41) is 4.40. The molecule has 0 saturated carbocycles. The Morgan fingerprint density at radius 3 is 2.43 bits per heavy atom. The van der Waals surface area contributed by atoms with Crippen molar-refractivity contribution in [3.05, 3.63) is 34.9 Å². The fourth-order valence-electron chi connectivity index (χ4n) is 2.36. The van der Waals surface area contributed by atoms with Crippen molar-refractivity contribution in [1.29, 1.82) is 0 Å². The highest BCUT2D eigenvalue weighted by atomic mass is 19.1. The molecule has 0 bridgehead atoms. The number of carbonyl (C=O) groups excluding carboxylic acids is 3. The zero-order valence-corrected chi connectivity index (χ0v) is 13.1. The second-order valence-electron chi connectivity index (χ2n) is 6.54. The zero-order chi connectivity index (χ0) is 17.4. The molecule has 1 heterocycles. The Morgan fingerprint density at radius 1 is 1.22 bits per heavy atom. The SMILES string of the molecule is CC(C)(C)c1cc(F)c(C(=O)NC2CCC(=O)NC2=O)cc1F. The van der Waals surface area contributed by atoms with Crippen LogP contribution < -0.4 is 10.6 Å². The van der Waals surface area contributed by atoms with E-state index in [2.05, 4.69) is 10.6 Å². The number of hydrogen-bond donors (Lipinski definition) is 2. The highest BCUT2D eigenvalue weighted by Gasteiger charge is 2.29. The number of nitrogens with one attached hydrogen (secondary N) is 2. The fourth-order valence-corrected chi connectivity index (χ4v) is 2.36. The topological polar surface area (TPSA) is 75.3 Å². The van der Waals surface area contributed by atoms with Gasteiger partial charge in [0.15, 0.2) is 0 Å². The number of carbonyl (C=O) groups is 3. The molecule has 1 aromatic carbocycles. The first-order chi connectivity index (χ1) is 10.6. The summed E-state index contributed by atoms with van der Waals surface area (Å²) in [4.78, 5) is 34.7. The van der Waals surface area contributed by atoms with Gasteiger partial charge in [-0.15, -0.1) is 0 Å². The van der Waals surface area contributed by atoms with Crippen LogP contribution in [0.4, 0.5) is 8.78 Å². The van der Waals surface area contributed by atoms with E-state index in [0.717, 1.165) is 12.1 Å². The van der Waals surface area contributed by atoms with Crippen molar-refractivity contribution in [2.45, 2.75) is 45.1 Å². The van der Waals surface area contributed by atoms with Gasteiger partial charge in [-0.05, 0) is 29.5 Å². The van der Waals surface area contributed by atoms with Crippen molar-refractivity contribution in [3.8, 4) is 0 Å². The standard InChI is InChI=1S/C16H18F2N2O3/c1-16(2,3)9-7-10(17)8(6-11(9)18)14(22)19-12-4-5-13(21)20-15(12)23/h6-7,12H,4-5H2,1-3H3,(H,19,22)(H,20,21,23). The monoisotopic (exact) mass is 324 g/mol. The number of rotatable bonds is 2. The van der Waals surface area contributed by atoms with Gasteiger partial charge in [0.1, 0.15) is 17.7 Å². The Hall–Kier alpha value is -2.31. The molecule has 0 aliphatic carbocycles. The average molecular weight is 324 g/mol. The molecule has 2 rings (SSSR count). The molecule has 3 amide bonds. The highest BCUT2D eigenvalue weighted by Crippen LogP contribution is 2.27. The summed E-state index contributed by atoms with van der Waals surface area (Å²) >= 11 is 0. The summed E-state index contributed by atoms with van der Waals surface area (Å²) < 4.78 is 28.3. The van der Waals surface area contributed by atoms with Crippen LogP contribution in [0.3, 0.4) is 0 Å². The van der Waals surface area contributed by atoms with Gasteiger partial charge in [-0.1, -0.05) is 20.8 Å². The van der Waals surface area contributed by atoms with Crippen LogP contribution in [-0.2, 0) is 15.0 Å². The van der Waals surface area contributed by atoms with Crippen LogP contribution in [0.2, 0.25) is 0 Å². The van der Waals surface area contributed by atoms with Crippen LogP contribution in [0.5, 0.6) is 0 Å². The summed E-state index contributed by atoms with van der Waals surface area (Å²) in [7, 11) is 0. The fraction of sp³-hybridized carbons (Fsp3) is 0.438. The first-order valence-electron chi connectivity index (χ1n) is 7.23. The van der Waals surface area contributed by atoms with Gasteiger partial charge in [-0.25, -0.2) is 8.78 Å². The summed E-state index contributed by atoms with van der Waals surface area (Å²) in [5.74, 6) is -3.51. The average Bonchev–Trinajstić information content (AvgIpc) is 2.42. The molecule has 1 fully saturated rings. The molecule has 5 nitrogen and oxygen atoms in total. The molecule has 1 saturated heterocycles. The smallest absolute Gasteiger partial charge is 0.255 e. The number of hydrogen-bond acceptors (Lipinski definition) is 3. The maximum atomic E-state index is 14.1. The van der Waals surface area contributed by atoms with E-state index in [0.29, 0.717) is 0 Å². The van der Waals surface area contributed by atoms with Crippen molar-refractivity contribution in [2.24, 2.45) is 0 Å². The number of benzene rings is 1. The minimum absolute atomic E-state index is 0.0799. The molecule has 1 aliphatic heterocycles. The second-order valence-corrected chi connectivity index (χ2v) is 6.54. The van der Waals surface area contributed by atoms with Gasteiger partial charge in [0, 0.05) is 6.42 Å². The predicted octanol–water partition coefficient (Wildman–Crippen LogP) is 1.80. The lowest BCUT2D eigenvalue weighted by Gasteiger charge is -2.23. The Kier molecular flexibility index (Phi) is 4.49. The zero-order valence-electron chi connectivity index (χ0n) is 13.1.